The van der Waals surface area contributed by atoms with Crippen LogP contribution in [0.4, 0.5) is 0 Å². The number of likely N-dealkylation sites (N-methyl/N-ethyl adjacent to an activating group) is 1. The second-order valence-corrected chi connectivity index (χ2v) is 6.20. The lowest BCUT2D eigenvalue weighted by molar-refractivity contribution is 0.138. The number of hydrogen-bond donors (Lipinski definition) is 1. The van der Waals surface area contributed by atoms with Crippen molar-refractivity contribution in [3.63, 3.8) is 0 Å². The van der Waals surface area contributed by atoms with Crippen LogP contribution in [0.1, 0.15) is 31.0 Å². The van der Waals surface area contributed by atoms with E-state index in [9.17, 15) is 0 Å². The van der Waals surface area contributed by atoms with E-state index in [0.717, 1.165) is 50.8 Å². The fourth-order valence-corrected chi connectivity index (χ4v) is 3.23. The lowest BCUT2D eigenvalue weighted by Gasteiger charge is -2.36. The van der Waals surface area contributed by atoms with Crippen molar-refractivity contribution in [2.75, 3.05) is 45.8 Å². The van der Waals surface area contributed by atoms with Crippen molar-refractivity contribution < 1.29 is 0 Å². The van der Waals surface area contributed by atoms with Gasteiger partial charge in [0, 0.05) is 43.8 Å². The summed E-state index contributed by atoms with van der Waals surface area (Å²) in [6.07, 6.45) is 0. The van der Waals surface area contributed by atoms with Gasteiger partial charge in [0.2, 0.25) is 0 Å². The highest BCUT2D eigenvalue weighted by atomic mass is 35.5. The van der Waals surface area contributed by atoms with E-state index in [1.807, 2.05) is 6.07 Å². The molecule has 1 fully saturated rings. The lowest BCUT2D eigenvalue weighted by Crippen LogP contribution is -2.47. The van der Waals surface area contributed by atoms with Gasteiger partial charge >= 0.3 is 0 Å². The smallest absolute Gasteiger partial charge is 0.0475 e. The number of hydrogen-bond acceptors (Lipinski definition) is 3. The molecule has 1 aromatic carbocycles. The SMILES string of the molecule is CCN(CC)C(CN1CCNCC1)c1ccc(Cl)c(C)c1. The largest absolute Gasteiger partial charge is 0.314 e. The van der Waals surface area contributed by atoms with Crippen molar-refractivity contribution in [3.05, 3.63) is 34.3 Å². The van der Waals surface area contributed by atoms with Gasteiger partial charge in [0.25, 0.3) is 0 Å². The third kappa shape index (κ3) is 4.43. The van der Waals surface area contributed by atoms with Crippen LogP contribution in [0.3, 0.4) is 0 Å². The molecular formula is C17H28ClN3. The van der Waals surface area contributed by atoms with Gasteiger partial charge in [-0.3, -0.25) is 9.80 Å². The van der Waals surface area contributed by atoms with Crippen LogP contribution in [0.15, 0.2) is 18.2 Å². The molecule has 1 atom stereocenters. The van der Waals surface area contributed by atoms with Gasteiger partial charge in [-0.05, 0) is 37.2 Å². The van der Waals surface area contributed by atoms with Crippen LogP contribution < -0.4 is 5.32 Å². The van der Waals surface area contributed by atoms with E-state index in [1.165, 1.54) is 11.1 Å². The van der Waals surface area contributed by atoms with Gasteiger partial charge in [0.05, 0.1) is 0 Å². The predicted molar refractivity (Wildman–Crippen MR) is 91.2 cm³/mol. The molecule has 21 heavy (non-hydrogen) atoms. The average Bonchev–Trinajstić information content (AvgIpc) is 2.51. The van der Waals surface area contributed by atoms with Gasteiger partial charge < -0.3 is 5.32 Å². The summed E-state index contributed by atoms with van der Waals surface area (Å²) in [5.41, 5.74) is 2.56. The van der Waals surface area contributed by atoms with Gasteiger partial charge in [0.15, 0.2) is 0 Å². The van der Waals surface area contributed by atoms with Crippen LogP contribution in [-0.4, -0.2) is 55.6 Å². The summed E-state index contributed by atoms with van der Waals surface area (Å²) in [6, 6.07) is 6.95. The zero-order chi connectivity index (χ0) is 15.2. The Morgan fingerprint density at radius 1 is 1.24 bits per heavy atom. The van der Waals surface area contributed by atoms with E-state index >= 15 is 0 Å². The summed E-state index contributed by atoms with van der Waals surface area (Å²) in [5.74, 6) is 0. The van der Waals surface area contributed by atoms with E-state index < -0.39 is 0 Å². The molecule has 0 aromatic heterocycles. The molecule has 0 bridgehead atoms. The standard InChI is InChI=1S/C17H28ClN3/c1-4-21(5-2)17(13-20-10-8-19-9-11-20)15-6-7-16(18)14(3)12-15/h6-7,12,17,19H,4-5,8-11,13H2,1-3H3. The molecule has 1 aliphatic rings. The first kappa shape index (κ1) is 16.8. The summed E-state index contributed by atoms with van der Waals surface area (Å²) in [7, 11) is 0. The quantitative estimate of drug-likeness (QED) is 0.871. The van der Waals surface area contributed by atoms with Crippen molar-refractivity contribution >= 4 is 11.6 Å². The number of nitrogens with one attached hydrogen (secondary N) is 1. The Morgan fingerprint density at radius 2 is 1.90 bits per heavy atom. The van der Waals surface area contributed by atoms with Crippen LogP contribution >= 0.6 is 11.6 Å². The maximum Gasteiger partial charge on any atom is 0.0475 e. The molecule has 0 spiro atoms. The van der Waals surface area contributed by atoms with Crippen molar-refractivity contribution in [3.8, 4) is 0 Å². The van der Waals surface area contributed by atoms with Gasteiger partial charge in [-0.1, -0.05) is 37.6 Å². The molecule has 1 heterocycles. The molecule has 0 saturated carbocycles. The molecular weight excluding hydrogens is 282 g/mol. The summed E-state index contributed by atoms with van der Waals surface area (Å²) < 4.78 is 0. The van der Waals surface area contributed by atoms with Crippen LogP contribution in [0.2, 0.25) is 5.02 Å². The molecule has 118 valence electrons. The Bertz CT molecular complexity index is 440. The highest BCUT2D eigenvalue weighted by molar-refractivity contribution is 6.31. The van der Waals surface area contributed by atoms with Crippen LogP contribution in [0, 0.1) is 6.92 Å². The normalized spacial score (nSPS) is 18.1. The fourth-order valence-electron chi connectivity index (χ4n) is 3.11. The number of piperazine rings is 1. The van der Waals surface area contributed by atoms with E-state index in [1.54, 1.807) is 0 Å². The summed E-state index contributed by atoms with van der Waals surface area (Å²) >= 11 is 6.19. The fraction of sp³-hybridized carbons (Fsp3) is 0.647. The number of rotatable bonds is 6. The van der Waals surface area contributed by atoms with E-state index in [4.69, 9.17) is 11.6 Å². The first-order valence-corrected chi connectivity index (χ1v) is 8.46. The molecule has 2 rings (SSSR count). The zero-order valence-electron chi connectivity index (χ0n) is 13.5. The average molecular weight is 310 g/mol. The minimum absolute atomic E-state index is 0.453. The van der Waals surface area contributed by atoms with Gasteiger partial charge in [-0.25, -0.2) is 0 Å². The molecule has 1 saturated heterocycles. The van der Waals surface area contributed by atoms with Crippen molar-refractivity contribution in [1.82, 2.24) is 15.1 Å². The van der Waals surface area contributed by atoms with Gasteiger partial charge in [0.1, 0.15) is 0 Å². The minimum atomic E-state index is 0.453. The monoisotopic (exact) mass is 309 g/mol. The van der Waals surface area contributed by atoms with E-state index in [-0.39, 0.29) is 0 Å². The molecule has 1 aromatic rings. The second-order valence-electron chi connectivity index (χ2n) is 5.80. The Kier molecular flexibility index (Phi) is 6.49. The Hall–Kier alpha value is -0.610. The summed E-state index contributed by atoms with van der Waals surface area (Å²) in [5, 5.41) is 4.29. The van der Waals surface area contributed by atoms with E-state index in [2.05, 4.69) is 48.0 Å². The van der Waals surface area contributed by atoms with Crippen molar-refractivity contribution in [2.24, 2.45) is 0 Å². The van der Waals surface area contributed by atoms with Gasteiger partial charge in [-0.2, -0.15) is 0 Å². The molecule has 0 aliphatic carbocycles. The zero-order valence-corrected chi connectivity index (χ0v) is 14.3. The number of aryl methyl sites for hydroxylation is 1. The maximum absolute atomic E-state index is 6.19. The highest BCUT2D eigenvalue weighted by Gasteiger charge is 2.22. The van der Waals surface area contributed by atoms with Crippen LogP contribution in [-0.2, 0) is 0 Å². The molecule has 0 radical (unpaired) electrons. The van der Waals surface area contributed by atoms with Crippen molar-refractivity contribution in [2.45, 2.75) is 26.8 Å². The number of benzene rings is 1. The topological polar surface area (TPSA) is 18.5 Å². The molecule has 3 nitrogen and oxygen atoms in total. The first-order chi connectivity index (χ1) is 10.2. The molecule has 0 amide bonds. The second kappa shape index (κ2) is 8.14. The Labute approximate surface area is 134 Å². The molecule has 1 N–H and O–H groups in total. The number of halogens is 1. The Morgan fingerprint density at radius 3 is 2.48 bits per heavy atom. The molecule has 4 heteroatoms. The van der Waals surface area contributed by atoms with Gasteiger partial charge in [-0.15, -0.1) is 0 Å². The highest BCUT2D eigenvalue weighted by Crippen LogP contribution is 2.26. The minimum Gasteiger partial charge on any atom is -0.314 e. The third-order valence-electron chi connectivity index (χ3n) is 4.46. The predicted octanol–water partition coefficient (Wildman–Crippen LogP) is 2.94. The number of nitrogens with zero attached hydrogens (tertiary/aromatic N) is 2. The van der Waals surface area contributed by atoms with Crippen LogP contribution in [0.5, 0.6) is 0 Å². The Balaban J connectivity index is 2.19. The maximum atomic E-state index is 6.19. The molecule has 1 unspecified atom stereocenters. The summed E-state index contributed by atoms with van der Waals surface area (Å²) in [4.78, 5) is 5.12. The summed E-state index contributed by atoms with van der Waals surface area (Å²) in [6.45, 7) is 14.3. The third-order valence-corrected chi connectivity index (χ3v) is 4.88. The lowest BCUT2D eigenvalue weighted by atomic mass is 10.0. The molecule has 1 aliphatic heterocycles. The van der Waals surface area contributed by atoms with Crippen molar-refractivity contribution in [1.29, 1.82) is 0 Å². The van der Waals surface area contributed by atoms with Crippen LogP contribution in [0.25, 0.3) is 0 Å². The van der Waals surface area contributed by atoms with E-state index in [0.29, 0.717) is 6.04 Å². The first-order valence-electron chi connectivity index (χ1n) is 8.08.